The fourth-order valence-electron chi connectivity index (χ4n) is 3.53. The van der Waals surface area contributed by atoms with Crippen molar-refractivity contribution in [2.45, 2.75) is 64.1 Å². The van der Waals surface area contributed by atoms with Gasteiger partial charge < -0.3 is 14.9 Å². The van der Waals surface area contributed by atoms with Crippen molar-refractivity contribution in [3.05, 3.63) is 0 Å². The van der Waals surface area contributed by atoms with E-state index in [-0.39, 0.29) is 30.1 Å². The number of carbonyl (C=O) groups is 2. The Morgan fingerprint density at radius 3 is 2.63 bits per heavy atom. The van der Waals surface area contributed by atoms with E-state index in [9.17, 15) is 14.7 Å². The molecule has 0 spiro atoms. The van der Waals surface area contributed by atoms with Gasteiger partial charge in [0, 0.05) is 25.2 Å². The SMILES string of the molecule is CCCC(C)N(C)C(=O)N1C2CCC1C(C(=O)O)C2. The van der Waals surface area contributed by atoms with Crippen LogP contribution in [0.4, 0.5) is 4.79 Å². The van der Waals surface area contributed by atoms with Gasteiger partial charge in [-0.25, -0.2) is 4.79 Å². The number of aliphatic carboxylic acids is 1. The van der Waals surface area contributed by atoms with E-state index in [1.54, 1.807) is 4.90 Å². The van der Waals surface area contributed by atoms with Crippen molar-refractivity contribution < 1.29 is 14.7 Å². The van der Waals surface area contributed by atoms with Gasteiger partial charge in [0.25, 0.3) is 0 Å². The van der Waals surface area contributed by atoms with Crippen molar-refractivity contribution in [1.82, 2.24) is 9.80 Å². The van der Waals surface area contributed by atoms with E-state index in [4.69, 9.17) is 0 Å². The zero-order valence-electron chi connectivity index (χ0n) is 12.0. The first kappa shape index (κ1) is 14.2. The lowest BCUT2D eigenvalue weighted by atomic mass is 9.89. The zero-order chi connectivity index (χ0) is 14.2. The van der Waals surface area contributed by atoms with Crippen LogP contribution in [0, 0.1) is 5.92 Å². The van der Waals surface area contributed by atoms with Crippen LogP contribution in [0.15, 0.2) is 0 Å². The molecule has 2 fully saturated rings. The number of carboxylic acids is 1. The molecule has 2 rings (SSSR count). The summed E-state index contributed by atoms with van der Waals surface area (Å²) in [6.45, 7) is 4.16. The summed E-state index contributed by atoms with van der Waals surface area (Å²) in [5.74, 6) is -1.12. The van der Waals surface area contributed by atoms with Crippen molar-refractivity contribution in [2.24, 2.45) is 5.92 Å². The van der Waals surface area contributed by atoms with Gasteiger partial charge in [-0.15, -0.1) is 0 Å². The van der Waals surface area contributed by atoms with Gasteiger partial charge >= 0.3 is 12.0 Å². The number of urea groups is 1. The topological polar surface area (TPSA) is 60.9 Å². The molecule has 0 aromatic rings. The summed E-state index contributed by atoms with van der Waals surface area (Å²) in [6, 6.07) is 0.263. The molecule has 108 valence electrons. The number of hydrogen-bond donors (Lipinski definition) is 1. The third-order valence-corrected chi connectivity index (χ3v) is 4.74. The highest BCUT2D eigenvalue weighted by Crippen LogP contribution is 2.42. The number of carbonyl (C=O) groups excluding carboxylic acids is 1. The predicted octanol–water partition coefficient (Wildman–Crippen LogP) is 2.16. The number of fused-ring (bicyclic) bond motifs is 2. The van der Waals surface area contributed by atoms with E-state index in [1.807, 2.05) is 18.9 Å². The van der Waals surface area contributed by atoms with Crippen molar-refractivity contribution in [2.75, 3.05) is 7.05 Å². The van der Waals surface area contributed by atoms with Crippen molar-refractivity contribution in [3.63, 3.8) is 0 Å². The Labute approximate surface area is 114 Å². The van der Waals surface area contributed by atoms with E-state index in [1.165, 1.54) is 0 Å². The molecule has 5 heteroatoms. The highest BCUT2D eigenvalue weighted by molar-refractivity contribution is 5.79. The molecule has 2 saturated heterocycles. The van der Waals surface area contributed by atoms with E-state index in [0.717, 1.165) is 25.7 Å². The summed E-state index contributed by atoms with van der Waals surface area (Å²) >= 11 is 0. The van der Waals surface area contributed by atoms with Crippen LogP contribution >= 0.6 is 0 Å². The maximum Gasteiger partial charge on any atom is 0.320 e. The first-order chi connectivity index (χ1) is 8.97. The van der Waals surface area contributed by atoms with E-state index in [2.05, 4.69) is 6.92 Å². The maximum atomic E-state index is 12.5. The zero-order valence-corrected chi connectivity index (χ0v) is 12.0. The van der Waals surface area contributed by atoms with Crippen LogP contribution in [0.2, 0.25) is 0 Å². The van der Waals surface area contributed by atoms with Crippen LogP contribution in [0.5, 0.6) is 0 Å². The largest absolute Gasteiger partial charge is 0.481 e. The van der Waals surface area contributed by atoms with Crippen molar-refractivity contribution in [3.8, 4) is 0 Å². The normalized spacial score (nSPS) is 30.5. The molecule has 4 atom stereocenters. The average Bonchev–Trinajstić information content (AvgIpc) is 2.94. The summed E-state index contributed by atoms with van der Waals surface area (Å²) in [5, 5.41) is 9.22. The van der Waals surface area contributed by atoms with Crippen LogP contribution in [0.3, 0.4) is 0 Å². The van der Waals surface area contributed by atoms with Crippen LogP contribution in [0.1, 0.15) is 46.0 Å². The fraction of sp³-hybridized carbons (Fsp3) is 0.857. The molecule has 2 aliphatic rings. The molecule has 0 aromatic heterocycles. The van der Waals surface area contributed by atoms with Gasteiger partial charge in [0.2, 0.25) is 0 Å². The minimum Gasteiger partial charge on any atom is -0.481 e. The van der Waals surface area contributed by atoms with Crippen LogP contribution in [0.25, 0.3) is 0 Å². The molecule has 0 radical (unpaired) electrons. The number of nitrogens with zero attached hydrogens (tertiary/aromatic N) is 2. The Kier molecular flexibility index (Phi) is 4.02. The van der Waals surface area contributed by atoms with E-state index in [0.29, 0.717) is 6.42 Å². The fourth-order valence-corrected chi connectivity index (χ4v) is 3.53. The number of rotatable bonds is 4. The van der Waals surface area contributed by atoms with E-state index >= 15 is 0 Å². The maximum absolute atomic E-state index is 12.5. The Bertz CT molecular complexity index is 372. The summed E-state index contributed by atoms with van der Waals surface area (Å²) < 4.78 is 0. The van der Waals surface area contributed by atoms with Gasteiger partial charge in [0.1, 0.15) is 0 Å². The van der Waals surface area contributed by atoms with Crippen LogP contribution < -0.4 is 0 Å². The standard InChI is InChI=1S/C14H24N2O3/c1-4-5-9(2)15(3)14(19)16-10-6-7-12(16)11(8-10)13(17)18/h9-12H,4-8H2,1-3H3,(H,17,18). The molecule has 2 bridgehead atoms. The molecule has 5 nitrogen and oxygen atoms in total. The van der Waals surface area contributed by atoms with Gasteiger partial charge in [-0.3, -0.25) is 4.79 Å². The van der Waals surface area contributed by atoms with Gasteiger partial charge in [-0.1, -0.05) is 13.3 Å². The second kappa shape index (κ2) is 5.39. The molecule has 0 saturated carbocycles. The lowest BCUT2D eigenvalue weighted by Gasteiger charge is -2.32. The second-order valence-corrected chi connectivity index (χ2v) is 5.92. The third kappa shape index (κ3) is 2.42. The first-order valence-corrected chi connectivity index (χ1v) is 7.25. The smallest absolute Gasteiger partial charge is 0.320 e. The molecule has 0 aromatic carbocycles. The van der Waals surface area contributed by atoms with Crippen molar-refractivity contribution in [1.29, 1.82) is 0 Å². The monoisotopic (exact) mass is 268 g/mol. The lowest BCUT2D eigenvalue weighted by molar-refractivity contribution is -0.142. The number of carboxylic acid groups (broad SMARTS) is 1. The Morgan fingerprint density at radius 1 is 1.42 bits per heavy atom. The molecule has 2 amide bonds. The quantitative estimate of drug-likeness (QED) is 0.850. The van der Waals surface area contributed by atoms with Gasteiger partial charge in [-0.2, -0.15) is 0 Å². The Morgan fingerprint density at radius 2 is 2.11 bits per heavy atom. The molecular formula is C14H24N2O3. The van der Waals surface area contributed by atoms with Gasteiger partial charge in [0.05, 0.1) is 5.92 Å². The van der Waals surface area contributed by atoms with Crippen LogP contribution in [-0.2, 0) is 4.79 Å². The highest BCUT2D eigenvalue weighted by Gasteiger charge is 2.52. The average molecular weight is 268 g/mol. The molecule has 2 heterocycles. The first-order valence-electron chi connectivity index (χ1n) is 7.25. The van der Waals surface area contributed by atoms with Crippen LogP contribution in [-0.4, -0.2) is 52.1 Å². The lowest BCUT2D eigenvalue weighted by Crippen LogP contribution is -2.48. The molecule has 19 heavy (non-hydrogen) atoms. The summed E-state index contributed by atoms with van der Waals surface area (Å²) in [4.78, 5) is 27.4. The minimum atomic E-state index is -0.755. The predicted molar refractivity (Wildman–Crippen MR) is 71.9 cm³/mol. The Balaban J connectivity index is 2.06. The summed E-state index contributed by atoms with van der Waals surface area (Å²) in [7, 11) is 1.83. The van der Waals surface area contributed by atoms with Gasteiger partial charge in [0.15, 0.2) is 0 Å². The van der Waals surface area contributed by atoms with E-state index < -0.39 is 5.97 Å². The van der Waals surface area contributed by atoms with Gasteiger partial charge in [-0.05, 0) is 32.6 Å². The minimum absolute atomic E-state index is 0.0113. The Hall–Kier alpha value is -1.26. The molecule has 0 aliphatic carbocycles. The third-order valence-electron chi connectivity index (χ3n) is 4.74. The highest BCUT2D eigenvalue weighted by atomic mass is 16.4. The number of amides is 2. The molecule has 1 N–H and O–H groups in total. The summed E-state index contributed by atoms with van der Waals surface area (Å²) in [5.41, 5.74) is 0. The molecular weight excluding hydrogens is 244 g/mol. The second-order valence-electron chi connectivity index (χ2n) is 5.92. The molecule has 2 aliphatic heterocycles. The molecule has 4 unspecified atom stereocenters. The summed E-state index contributed by atoms with van der Waals surface area (Å²) in [6.07, 6.45) is 4.44. The van der Waals surface area contributed by atoms with Crippen molar-refractivity contribution >= 4 is 12.0 Å². The number of hydrogen-bond acceptors (Lipinski definition) is 2.